The van der Waals surface area contributed by atoms with E-state index in [2.05, 4.69) is 15.3 Å². The van der Waals surface area contributed by atoms with Crippen molar-refractivity contribution in [2.24, 2.45) is 10.7 Å². The number of nitrogens with two attached hydrogens (primary N) is 2. The third-order valence-corrected chi connectivity index (χ3v) is 7.06. The minimum atomic E-state index is -1.20. The van der Waals surface area contributed by atoms with Gasteiger partial charge in [-0.3, -0.25) is 14.6 Å². The molecule has 44 heavy (non-hydrogen) atoms. The third-order valence-electron chi connectivity index (χ3n) is 6.77. The molecule has 3 aromatic carbocycles. The zero-order valence-electron chi connectivity index (χ0n) is 23.8. The number of benzene rings is 3. The van der Waals surface area contributed by atoms with Crippen LogP contribution in [0, 0.1) is 17.5 Å². The van der Waals surface area contributed by atoms with E-state index in [1.165, 1.54) is 13.2 Å². The number of aliphatic imine (C=N–C) groups is 1. The van der Waals surface area contributed by atoms with Crippen molar-refractivity contribution < 1.29 is 27.5 Å². The van der Waals surface area contributed by atoms with E-state index >= 15 is 4.39 Å². The van der Waals surface area contributed by atoms with Crippen LogP contribution < -0.4 is 21.5 Å². The number of nitrogens with one attached hydrogen (secondary N) is 1. The van der Waals surface area contributed by atoms with E-state index in [0.29, 0.717) is 29.4 Å². The number of amides is 2. The summed E-state index contributed by atoms with van der Waals surface area (Å²) >= 11 is 5.85. The van der Waals surface area contributed by atoms with Crippen molar-refractivity contribution in [3.05, 3.63) is 111 Å². The lowest BCUT2D eigenvalue weighted by Crippen LogP contribution is -2.30. The molecule has 0 aliphatic carbocycles. The first-order chi connectivity index (χ1) is 21.0. The van der Waals surface area contributed by atoms with Crippen LogP contribution in [-0.4, -0.2) is 43.2 Å². The summed E-state index contributed by atoms with van der Waals surface area (Å²) in [5.41, 5.74) is 11.8. The maximum absolute atomic E-state index is 15.5. The normalized spacial score (nSPS) is 11.9. The highest BCUT2D eigenvalue weighted by Crippen LogP contribution is 2.33. The Labute approximate surface area is 256 Å². The number of ether oxygens (including phenoxy) is 1. The summed E-state index contributed by atoms with van der Waals surface area (Å²) in [6.45, 7) is 2.47. The molecular weight excluding hydrogens is 595 g/mol. The van der Waals surface area contributed by atoms with Crippen LogP contribution in [0.5, 0.6) is 5.75 Å². The van der Waals surface area contributed by atoms with Crippen LogP contribution >= 0.6 is 11.6 Å². The van der Waals surface area contributed by atoms with Crippen molar-refractivity contribution in [1.29, 1.82) is 0 Å². The third kappa shape index (κ3) is 7.00. The quantitative estimate of drug-likeness (QED) is 0.109. The standard InChI is InChI=1S/C32H29ClF3N5O3/c1-3-9-39-15-19-10-18(11-27(44-2)29(19)37)32(43)40-16-22(17-7-5-4-6-8-17)26-13-21(31(38)42)28(36)30(41-26)20-12-23(33)25(35)14-24(20)34/h4-8,10-15,22H,3,9,16,37H2,1-2H3,(H2,38,42)(H,40,43). The van der Waals surface area contributed by atoms with Gasteiger partial charge in [0.2, 0.25) is 0 Å². The fourth-order valence-electron chi connectivity index (χ4n) is 4.51. The average Bonchev–Trinajstić information content (AvgIpc) is 3.01. The highest BCUT2D eigenvalue weighted by molar-refractivity contribution is 6.31. The number of methoxy groups -OCH3 is 1. The van der Waals surface area contributed by atoms with Gasteiger partial charge in [-0.05, 0) is 36.2 Å². The number of halogens is 4. The molecule has 0 bridgehead atoms. The van der Waals surface area contributed by atoms with E-state index in [1.807, 2.05) is 6.92 Å². The summed E-state index contributed by atoms with van der Waals surface area (Å²) < 4.78 is 49.6. The van der Waals surface area contributed by atoms with Gasteiger partial charge in [0.05, 0.1) is 29.1 Å². The van der Waals surface area contributed by atoms with Gasteiger partial charge in [0.25, 0.3) is 11.8 Å². The van der Waals surface area contributed by atoms with Gasteiger partial charge in [0, 0.05) is 48.0 Å². The Morgan fingerprint density at radius 2 is 1.82 bits per heavy atom. The molecular formula is C32H29ClF3N5O3. The lowest BCUT2D eigenvalue weighted by molar-refractivity contribution is 0.0950. The second-order valence-electron chi connectivity index (χ2n) is 9.76. The number of carbonyl (C=O) groups excluding carboxylic acids is 2. The Hall–Kier alpha value is -4.90. The number of pyridine rings is 1. The van der Waals surface area contributed by atoms with Crippen molar-refractivity contribution in [3.8, 4) is 17.0 Å². The highest BCUT2D eigenvalue weighted by Gasteiger charge is 2.26. The summed E-state index contributed by atoms with van der Waals surface area (Å²) in [5, 5.41) is 2.36. The topological polar surface area (TPSA) is 133 Å². The number of carbonyl (C=O) groups is 2. The molecule has 0 fully saturated rings. The zero-order valence-corrected chi connectivity index (χ0v) is 24.6. The van der Waals surface area contributed by atoms with Gasteiger partial charge in [-0.2, -0.15) is 0 Å². The van der Waals surface area contributed by atoms with Crippen molar-refractivity contribution in [2.75, 3.05) is 25.9 Å². The number of hydrogen-bond donors (Lipinski definition) is 3. The average molecular weight is 624 g/mol. The van der Waals surface area contributed by atoms with Crippen LogP contribution in [0.3, 0.4) is 0 Å². The summed E-state index contributed by atoms with van der Waals surface area (Å²) in [4.78, 5) is 34.3. The Morgan fingerprint density at radius 1 is 1.09 bits per heavy atom. The first kappa shape index (κ1) is 32.0. The molecule has 1 heterocycles. The van der Waals surface area contributed by atoms with Crippen LogP contribution in [0.4, 0.5) is 18.9 Å². The molecule has 228 valence electrons. The molecule has 12 heteroatoms. The molecule has 1 unspecified atom stereocenters. The van der Waals surface area contributed by atoms with Crippen LogP contribution in [0.25, 0.3) is 11.3 Å². The smallest absolute Gasteiger partial charge is 0.251 e. The van der Waals surface area contributed by atoms with Gasteiger partial charge in [-0.25, -0.2) is 18.2 Å². The number of rotatable bonds is 11. The Kier molecular flexibility index (Phi) is 10.2. The predicted octanol–water partition coefficient (Wildman–Crippen LogP) is 5.90. The van der Waals surface area contributed by atoms with Crippen LogP contribution in [0.1, 0.15) is 56.8 Å². The maximum atomic E-state index is 15.5. The molecule has 4 aromatic rings. The number of aromatic nitrogens is 1. The van der Waals surface area contributed by atoms with Crippen LogP contribution in [0.15, 0.2) is 65.7 Å². The number of nitrogen functional groups attached to an aromatic ring is 1. The SMILES string of the molecule is CCCN=Cc1cc(C(=O)NCC(c2ccccc2)c2cc(C(N)=O)c(F)c(-c3cc(Cl)c(F)cc3F)n2)cc(OC)c1N. The molecule has 4 rings (SSSR count). The second kappa shape index (κ2) is 14.0. The van der Waals surface area contributed by atoms with Crippen LogP contribution in [0.2, 0.25) is 5.02 Å². The largest absolute Gasteiger partial charge is 0.495 e. The number of nitrogens with zero attached hydrogens (tertiary/aromatic N) is 2. The number of hydrogen-bond acceptors (Lipinski definition) is 6. The maximum Gasteiger partial charge on any atom is 0.251 e. The van der Waals surface area contributed by atoms with Gasteiger partial charge in [0.15, 0.2) is 5.82 Å². The lowest BCUT2D eigenvalue weighted by atomic mass is 9.92. The summed E-state index contributed by atoms with van der Waals surface area (Å²) in [6, 6.07) is 14.3. The molecule has 5 N–H and O–H groups in total. The van der Waals surface area contributed by atoms with Gasteiger partial charge < -0.3 is 21.5 Å². The first-order valence-corrected chi connectivity index (χ1v) is 13.9. The van der Waals surface area contributed by atoms with Crippen molar-refractivity contribution >= 4 is 35.3 Å². The minimum absolute atomic E-state index is 0.0856. The Balaban J connectivity index is 1.78. The number of anilines is 1. The Bertz CT molecular complexity index is 1730. The first-order valence-electron chi connectivity index (χ1n) is 13.5. The van der Waals surface area contributed by atoms with Gasteiger partial charge in [0.1, 0.15) is 23.1 Å². The lowest BCUT2D eigenvalue weighted by Gasteiger charge is -2.20. The summed E-state index contributed by atoms with van der Waals surface area (Å²) in [7, 11) is 1.43. The fraction of sp³-hybridized carbons (Fsp3) is 0.188. The van der Waals surface area contributed by atoms with Crippen molar-refractivity contribution in [3.63, 3.8) is 0 Å². The molecule has 0 aliphatic heterocycles. The van der Waals surface area contributed by atoms with E-state index in [1.54, 1.807) is 42.6 Å². The summed E-state index contributed by atoms with van der Waals surface area (Å²) in [5.74, 6) is -5.52. The molecule has 0 radical (unpaired) electrons. The van der Waals surface area contributed by atoms with Crippen LogP contribution in [-0.2, 0) is 0 Å². The van der Waals surface area contributed by atoms with Gasteiger partial charge >= 0.3 is 0 Å². The van der Waals surface area contributed by atoms with E-state index in [-0.39, 0.29) is 23.6 Å². The van der Waals surface area contributed by atoms with E-state index in [0.717, 1.165) is 18.6 Å². The molecule has 1 aromatic heterocycles. The molecule has 0 saturated heterocycles. The van der Waals surface area contributed by atoms with Crippen molar-refractivity contribution in [2.45, 2.75) is 19.3 Å². The molecule has 1 atom stereocenters. The summed E-state index contributed by atoms with van der Waals surface area (Å²) in [6.07, 6.45) is 2.40. The van der Waals surface area contributed by atoms with E-state index in [9.17, 15) is 18.4 Å². The second-order valence-corrected chi connectivity index (χ2v) is 10.2. The zero-order chi connectivity index (χ0) is 32.0. The van der Waals surface area contributed by atoms with Gasteiger partial charge in [-0.1, -0.05) is 48.9 Å². The Morgan fingerprint density at radius 3 is 2.48 bits per heavy atom. The predicted molar refractivity (Wildman–Crippen MR) is 164 cm³/mol. The molecule has 0 saturated carbocycles. The molecule has 8 nitrogen and oxygen atoms in total. The molecule has 0 spiro atoms. The monoisotopic (exact) mass is 623 g/mol. The minimum Gasteiger partial charge on any atom is -0.495 e. The van der Waals surface area contributed by atoms with E-state index < -0.39 is 57.0 Å². The van der Waals surface area contributed by atoms with E-state index in [4.69, 9.17) is 27.8 Å². The van der Waals surface area contributed by atoms with Gasteiger partial charge in [-0.15, -0.1) is 0 Å². The van der Waals surface area contributed by atoms with Crippen molar-refractivity contribution in [1.82, 2.24) is 10.3 Å². The molecule has 0 aliphatic rings. The fourth-order valence-corrected chi connectivity index (χ4v) is 4.68. The molecule has 2 amide bonds. The number of primary amides is 1. The highest BCUT2D eigenvalue weighted by atomic mass is 35.5.